The van der Waals surface area contributed by atoms with E-state index in [2.05, 4.69) is 148 Å². The molecule has 1 heteroatoms. The first kappa shape index (κ1) is 24.0. The molecule has 6 rings (SSSR count). The van der Waals surface area contributed by atoms with Gasteiger partial charge in [0, 0.05) is 17.1 Å². The summed E-state index contributed by atoms with van der Waals surface area (Å²) in [5.41, 5.74) is 11.4. The summed E-state index contributed by atoms with van der Waals surface area (Å²) in [6, 6.07) is 42.2. The van der Waals surface area contributed by atoms with Gasteiger partial charge >= 0.3 is 0 Å². The zero-order chi connectivity index (χ0) is 26.2. The molecule has 0 aromatic heterocycles. The van der Waals surface area contributed by atoms with Crippen molar-refractivity contribution >= 4 is 38.6 Å². The third-order valence-electron chi connectivity index (χ3n) is 7.80. The normalized spacial score (nSPS) is 11.3. The highest BCUT2D eigenvalue weighted by Crippen LogP contribution is 2.43. The lowest BCUT2D eigenvalue weighted by Gasteiger charge is -2.29. The summed E-state index contributed by atoms with van der Waals surface area (Å²) in [7, 11) is 0. The monoisotopic (exact) mass is 491 g/mol. The second-order valence-corrected chi connectivity index (χ2v) is 10.2. The predicted octanol–water partition coefficient (Wildman–Crippen LogP) is 10.6. The van der Waals surface area contributed by atoms with Crippen LogP contribution in [0.4, 0.5) is 17.1 Å². The van der Waals surface area contributed by atoms with Crippen LogP contribution < -0.4 is 4.90 Å². The average molecular weight is 492 g/mol. The van der Waals surface area contributed by atoms with Gasteiger partial charge in [-0.1, -0.05) is 97.4 Å². The minimum Gasteiger partial charge on any atom is -0.310 e. The minimum absolute atomic E-state index is 0.944. The molecule has 0 aliphatic heterocycles. The highest BCUT2D eigenvalue weighted by atomic mass is 15.1. The van der Waals surface area contributed by atoms with Crippen molar-refractivity contribution in [3.05, 3.63) is 138 Å². The number of anilines is 3. The van der Waals surface area contributed by atoms with E-state index in [9.17, 15) is 0 Å². The first-order valence-corrected chi connectivity index (χ1v) is 13.5. The zero-order valence-corrected chi connectivity index (χ0v) is 22.6. The molecule has 0 radical (unpaired) electrons. The van der Waals surface area contributed by atoms with Gasteiger partial charge in [-0.25, -0.2) is 0 Å². The van der Waals surface area contributed by atoms with Crippen LogP contribution in [0.15, 0.2) is 115 Å². The molecule has 6 aromatic rings. The maximum atomic E-state index is 2.42. The van der Waals surface area contributed by atoms with Crippen molar-refractivity contribution in [1.82, 2.24) is 0 Å². The molecule has 0 unspecified atom stereocenters. The van der Waals surface area contributed by atoms with Crippen LogP contribution in [0.1, 0.15) is 29.2 Å². The Labute approximate surface area is 226 Å². The topological polar surface area (TPSA) is 3.24 Å². The molecule has 0 atom stereocenters. The van der Waals surface area contributed by atoms with Crippen LogP contribution in [0.2, 0.25) is 0 Å². The number of benzene rings is 6. The van der Waals surface area contributed by atoms with Gasteiger partial charge in [0.25, 0.3) is 0 Å². The van der Waals surface area contributed by atoms with Crippen LogP contribution in [-0.4, -0.2) is 0 Å². The number of rotatable bonds is 5. The first-order chi connectivity index (χ1) is 18.6. The SMILES string of the molecule is CCc1cc(-c2c3ccccc3c(C)c3ccccc23)ccc1N(c1ccccc1)c1ccc(C)cc1C. The standard InChI is InChI=1S/C37H33N/c1-5-28-24-29(37-33-17-11-9-15-31(33)27(4)32-16-10-12-18-34(32)37)20-22-36(28)38(30-13-7-6-8-14-30)35-21-19-25(2)23-26(35)3/h6-24H,5H2,1-4H3. The summed E-state index contributed by atoms with van der Waals surface area (Å²) in [5.74, 6) is 0. The number of aryl methyl sites for hydroxylation is 4. The van der Waals surface area contributed by atoms with E-state index in [1.807, 2.05) is 0 Å². The van der Waals surface area contributed by atoms with E-state index in [0.29, 0.717) is 0 Å². The van der Waals surface area contributed by atoms with Crippen LogP contribution in [0.5, 0.6) is 0 Å². The quantitative estimate of drug-likeness (QED) is 0.217. The molecular weight excluding hydrogens is 458 g/mol. The summed E-state index contributed by atoms with van der Waals surface area (Å²) in [4.78, 5) is 2.42. The molecule has 1 nitrogen and oxygen atoms in total. The van der Waals surface area contributed by atoms with Crippen LogP contribution in [0.25, 0.3) is 32.7 Å². The summed E-state index contributed by atoms with van der Waals surface area (Å²) in [5, 5.41) is 5.27. The van der Waals surface area contributed by atoms with E-state index in [0.717, 1.165) is 6.42 Å². The fourth-order valence-electron chi connectivity index (χ4n) is 5.94. The molecule has 0 saturated carbocycles. The van der Waals surface area contributed by atoms with E-state index in [1.165, 1.54) is 72.0 Å². The maximum Gasteiger partial charge on any atom is 0.0494 e. The molecule has 0 fully saturated rings. The lowest BCUT2D eigenvalue weighted by molar-refractivity contribution is 1.11. The van der Waals surface area contributed by atoms with Gasteiger partial charge in [0.1, 0.15) is 0 Å². The molecule has 0 heterocycles. The number of hydrogen-bond acceptors (Lipinski definition) is 1. The van der Waals surface area contributed by atoms with Gasteiger partial charge in [0.2, 0.25) is 0 Å². The summed E-state index contributed by atoms with van der Waals surface area (Å²) in [6.07, 6.45) is 0.944. The van der Waals surface area contributed by atoms with Crippen molar-refractivity contribution in [3.63, 3.8) is 0 Å². The molecule has 0 saturated heterocycles. The lowest BCUT2D eigenvalue weighted by Crippen LogP contribution is -2.13. The van der Waals surface area contributed by atoms with Gasteiger partial charge in [-0.15, -0.1) is 0 Å². The molecule has 0 bridgehead atoms. The Balaban J connectivity index is 1.61. The highest BCUT2D eigenvalue weighted by molar-refractivity contribution is 6.15. The predicted molar refractivity (Wildman–Crippen MR) is 165 cm³/mol. The van der Waals surface area contributed by atoms with Crippen molar-refractivity contribution < 1.29 is 0 Å². The molecule has 0 amide bonds. The molecular formula is C37H33N. The third kappa shape index (κ3) is 4.05. The lowest BCUT2D eigenvalue weighted by atomic mass is 9.88. The number of hydrogen-bond donors (Lipinski definition) is 0. The number of fused-ring (bicyclic) bond motifs is 2. The van der Waals surface area contributed by atoms with Gasteiger partial charge in [0.15, 0.2) is 0 Å². The van der Waals surface area contributed by atoms with Crippen molar-refractivity contribution in [2.24, 2.45) is 0 Å². The summed E-state index contributed by atoms with van der Waals surface area (Å²) in [6.45, 7) is 8.88. The van der Waals surface area contributed by atoms with E-state index < -0.39 is 0 Å². The van der Waals surface area contributed by atoms with Crippen molar-refractivity contribution in [2.45, 2.75) is 34.1 Å². The van der Waals surface area contributed by atoms with Crippen molar-refractivity contribution in [1.29, 1.82) is 0 Å². The Bertz CT molecular complexity index is 1720. The zero-order valence-electron chi connectivity index (χ0n) is 22.6. The van der Waals surface area contributed by atoms with Crippen LogP contribution in [0, 0.1) is 20.8 Å². The Kier molecular flexibility index (Phi) is 6.21. The molecule has 0 N–H and O–H groups in total. The Hall–Kier alpha value is -4.36. The largest absolute Gasteiger partial charge is 0.310 e. The van der Waals surface area contributed by atoms with Gasteiger partial charge in [-0.3, -0.25) is 0 Å². The maximum absolute atomic E-state index is 2.42. The Morgan fingerprint density at radius 2 is 1.13 bits per heavy atom. The fourth-order valence-corrected chi connectivity index (χ4v) is 5.94. The van der Waals surface area contributed by atoms with Gasteiger partial charge in [-0.2, -0.15) is 0 Å². The van der Waals surface area contributed by atoms with Crippen LogP contribution >= 0.6 is 0 Å². The molecule has 186 valence electrons. The highest BCUT2D eigenvalue weighted by Gasteiger charge is 2.19. The minimum atomic E-state index is 0.944. The van der Waals surface area contributed by atoms with Crippen LogP contribution in [-0.2, 0) is 6.42 Å². The van der Waals surface area contributed by atoms with Gasteiger partial charge < -0.3 is 4.90 Å². The van der Waals surface area contributed by atoms with Gasteiger partial charge in [0.05, 0.1) is 0 Å². The molecule has 0 aliphatic rings. The molecule has 6 aromatic carbocycles. The molecule has 0 aliphatic carbocycles. The van der Waals surface area contributed by atoms with Crippen LogP contribution in [0.3, 0.4) is 0 Å². The van der Waals surface area contributed by atoms with Crippen molar-refractivity contribution in [3.8, 4) is 11.1 Å². The Morgan fingerprint density at radius 3 is 1.74 bits per heavy atom. The van der Waals surface area contributed by atoms with Crippen molar-refractivity contribution in [2.75, 3.05) is 4.90 Å². The third-order valence-corrected chi connectivity index (χ3v) is 7.80. The van der Waals surface area contributed by atoms with E-state index in [-0.39, 0.29) is 0 Å². The number of nitrogens with zero attached hydrogens (tertiary/aromatic N) is 1. The van der Waals surface area contributed by atoms with E-state index in [1.54, 1.807) is 0 Å². The first-order valence-electron chi connectivity index (χ1n) is 13.5. The molecule has 0 spiro atoms. The summed E-state index contributed by atoms with van der Waals surface area (Å²) >= 11 is 0. The fraction of sp³-hybridized carbons (Fsp3) is 0.135. The number of para-hydroxylation sites is 1. The summed E-state index contributed by atoms with van der Waals surface area (Å²) < 4.78 is 0. The average Bonchev–Trinajstić information content (AvgIpc) is 2.95. The molecule has 38 heavy (non-hydrogen) atoms. The van der Waals surface area contributed by atoms with E-state index in [4.69, 9.17) is 0 Å². The second kappa shape index (κ2) is 9.84. The smallest absolute Gasteiger partial charge is 0.0494 e. The van der Waals surface area contributed by atoms with Gasteiger partial charge in [-0.05, 0) is 107 Å². The second-order valence-electron chi connectivity index (χ2n) is 10.2. The van der Waals surface area contributed by atoms with E-state index >= 15 is 0 Å². The Morgan fingerprint density at radius 1 is 0.553 bits per heavy atom.